The number of hydrogen-bond acceptors (Lipinski definition) is 7. The van der Waals surface area contributed by atoms with Crippen LogP contribution in [0.15, 0.2) is 61.3 Å². The first-order chi connectivity index (χ1) is 14.8. The summed E-state index contributed by atoms with van der Waals surface area (Å²) >= 11 is 0. The maximum Gasteiger partial charge on any atom is 0.275 e. The van der Waals surface area contributed by atoms with Gasteiger partial charge in [-0.1, -0.05) is 6.07 Å². The molecule has 1 amide bonds. The largest absolute Gasteiger partial charge is 0.382 e. The van der Waals surface area contributed by atoms with Gasteiger partial charge in [-0.3, -0.25) is 19.6 Å². The molecular weight excluding hydrogens is 384 g/mol. The molecule has 0 aliphatic heterocycles. The molecule has 0 saturated heterocycles. The predicted molar refractivity (Wildman–Crippen MR) is 109 cm³/mol. The first-order valence-electron chi connectivity index (χ1n) is 9.33. The summed E-state index contributed by atoms with van der Waals surface area (Å²) in [4.78, 5) is 31.1. The van der Waals surface area contributed by atoms with Crippen molar-refractivity contribution in [2.45, 2.75) is 6.54 Å². The van der Waals surface area contributed by atoms with Gasteiger partial charge in [0.2, 0.25) is 0 Å². The van der Waals surface area contributed by atoms with Gasteiger partial charge in [0.1, 0.15) is 0 Å². The molecule has 0 unspecified atom stereocenters. The molecule has 0 radical (unpaired) electrons. The number of nitrogens with zero attached hydrogens (tertiary/aromatic N) is 5. The highest BCUT2D eigenvalue weighted by Crippen LogP contribution is 2.25. The van der Waals surface area contributed by atoms with Crippen LogP contribution in [-0.4, -0.2) is 51.0 Å². The highest BCUT2D eigenvalue weighted by molar-refractivity contribution is 6.06. The average Bonchev–Trinajstić information content (AvgIpc) is 3.20. The summed E-state index contributed by atoms with van der Waals surface area (Å²) in [5.41, 5.74) is 5.84. The number of ether oxygens (including phenoxy) is 1. The molecule has 30 heavy (non-hydrogen) atoms. The van der Waals surface area contributed by atoms with E-state index in [-0.39, 0.29) is 12.5 Å². The monoisotopic (exact) mass is 404 g/mol. The Morgan fingerprint density at radius 2 is 1.93 bits per heavy atom. The summed E-state index contributed by atoms with van der Waals surface area (Å²) in [5, 5.41) is 5.07. The molecule has 0 fully saturated rings. The number of rotatable bonds is 8. The SMILES string of the molecule is COCCONC(=O)c1cc(-c2cccnc2)nc2c1cnn2Cc1cccnc1. The van der Waals surface area contributed by atoms with Gasteiger partial charge in [-0.25, -0.2) is 15.1 Å². The van der Waals surface area contributed by atoms with E-state index < -0.39 is 0 Å². The van der Waals surface area contributed by atoms with E-state index in [1.807, 2.05) is 24.3 Å². The van der Waals surface area contributed by atoms with Crippen molar-refractivity contribution < 1.29 is 14.4 Å². The van der Waals surface area contributed by atoms with Gasteiger partial charge in [0.25, 0.3) is 5.91 Å². The van der Waals surface area contributed by atoms with E-state index >= 15 is 0 Å². The van der Waals surface area contributed by atoms with Crippen molar-refractivity contribution >= 4 is 16.9 Å². The molecule has 0 bridgehead atoms. The first kappa shape index (κ1) is 19.6. The molecule has 152 valence electrons. The van der Waals surface area contributed by atoms with Crippen molar-refractivity contribution in [2.75, 3.05) is 20.3 Å². The van der Waals surface area contributed by atoms with Crippen molar-refractivity contribution in [1.82, 2.24) is 30.2 Å². The fraction of sp³-hybridized carbons (Fsp3) is 0.190. The van der Waals surface area contributed by atoms with E-state index in [1.54, 1.807) is 48.8 Å². The Morgan fingerprint density at radius 3 is 2.67 bits per heavy atom. The van der Waals surface area contributed by atoms with E-state index in [0.29, 0.717) is 35.4 Å². The normalized spacial score (nSPS) is 11.0. The zero-order chi connectivity index (χ0) is 20.8. The quantitative estimate of drug-likeness (QED) is 0.355. The molecule has 9 nitrogen and oxygen atoms in total. The molecule has 0 atom stereocenters. The second kappa shape index (κ2) is 9.21. The number of nitrogens with one attached hydrogen (secondary N) is 1. The Labute approximate surface area is 172 Å². The van der Waals surface area contributed by atoms with Crippen molar-refractivity contribution in [1.29, 1.82) is 0 Å². The van der Waals surface area contributed by atoms with E-state index in [0.717, 1.165) is 11.1 Å². The van der Waals surface area contributed by atoms with E-state index in [2.05, 4.69) is 20.5 Å². The van der Waals surface area contributed by atoms with Gasteiger partial charge in [0.05, 0.1) is 42.6 Å². The van der Waals surface area contributed by atoms with Crippen LogP contribution >= 0.6 is 0 Å². The third-order valence-electron chi connectivity index (χ3n) is 4.42. The van der Waals surface area contributed by atoms with E-state index in [1.165, 1.54) is 0 Å². The number of pyridine rings is 3. The summed E-state index contributed by atoms with van der Waals surface area (Å²) in [6, 6.07) is 9.25. The van der Waals surface area contributed by atoms with Gasteiger partial charge in [0.15, 0.2) is 5.65 Å². The van der Waals surface area contributed by atoms with Crippen LogP contribution in [0.3, 0.4) is 0 Å². The van der Waals surface area contributed by atoms with Crippen molar-refractivity contribution in [2.24, 2.45) is 0 Å². The Morgan fingerprint density at radius 1 is 1.10 bits per heavy atom. The zero-order valence-electron chi connectivity index (χ0n) is 16.4. The van der Waals surface area contributed by atoms with Gasteiger partial charge >= 0.3 is 0 Å². The van der Waals surface area contributed by atoms with Crippen LogP contribution in [0.25, 0.3) is 22.3 Å². The van der Waals surface area contributed by atoms with Gasteiger partial charge in [-0.2, -0.15) is 5.10 Å². The molecule has 0 aliphatic rings. The average molecular weight is 404 g/mol. The van der Waals surface area contributed by atoms with Gasteiger partial charge in [0, 0.05) is 37.5 Å². The molecule has 1 N–H and O–H groups in total. The number of hydroxylamine groups is 1. The second-order valence-electron chi connectivity index (χ2n) is 6.47. The smallest absolute Gasteiger partial charge is 0.275 e. The summed E-state index contributed by atoms with van der Waals surface area (Å²) < 4.78 is 6.67. The Balaban J connectivity index is 1.74. The molecule has 0 saturated carbocycles. The lowest BCUT2D eigenvalue weighted by atomic mass is 10.1. The number of amides is 1. The van der Waals surface area contributed by atoms with Crippen LogP contribution in [0.2, 0.25) is 0 Å². The molecular formula is C21H20N6O3. The Kier molecular flexibility index (Phi) is 6.02. The number of hydrogen-bond donors (Lipinski definition) is 1. The van der Waals surface area contributed by atoms with Gasteiger partial charge < -0.3 is 4.74 Å². The number of methoxy groups -OCH3 is 1. The van der Waals surface area contributed by atoms with Crippen LogP contribution in [-0.2, 0) is 16.1 Å². The first-order valence-corrected chi connectivity index (χ1v) is 9.33. The number of carbonyl (C=O) groups excluding carboxylic acids is 1. The molecule has 0 spiro atoms. The number of aromatic nitrogens is 5. The van der Waals surface area contributed by atoms with Crippen molar-refractivity contribution in [3.63, 3.8) is 0 Å². The lowest BCUT2D eigenvalue weighted by Crippen LogP contribution is -2.25. The molecule has 4 heterocycles. The van der Waals surface area contributed by atoms with Crippen LogP contribution in [0, 0.1) is 0 Å². The second-order valence-corrected chi connectivity index (χ2v) is 6.47. The van der Waals surface area contributed by atoms with Gasteiger partial charge in [-0.05, 0) is 29.8 Å². The van der Waals surface area contributed by atoms with Crippen LogP contribution in [0.1, 0.15) is 15.9 Å². The third-order valence-corrected chi connectivity index (χ3v) is 4.42. The minimum Gasteiger partial charge on any atom is -0.382 e. The van der Waals surface area contributed by atoms with Gasteiger partial charge in [-0.15, -0.1) is 0 Å². The number of carbonyl (C=O) groups is 1. The molecule has 4 aromatic rings. The maximum absolute atomic E-state index is 12.8. The highest BCUT2D eigenvalue weighted by atomic mass is 16.7. The zero-order valence-corrected chi connectivity index (χ0v) is 16.4. The molecule has 0 aromatic carbocycles. The molecule has 4 rings (SSSR count). The van der Waals surface area contributed by atoms with Crippen LogP contribution < -0.4 is 5.48 Å². The maximum atomic E-state index is 12.8. The summed E-state index contributed by atoms with van der Waals surface area (Å²) in [7, 11) is 1.56. The van der Waals surface area contributed by atoms with E-state index in [9.17, 15) is 4.79 Å². The molecule has 0 aliphatic carbocycles. The molecule has 4 aromatic heterocycles. The lowest BCUT2D eigenvalue weighted by molar-refractivity contribution is 0.00899. The predicted octanol–water partition coefficient (Wildman–Crippen LogP) is 2.24. The van der Waals surface area contributed by atoms with Crippen LogP contribution in [0.4, 0.5) is 0 Å². The number of fused-ring (bicyclic) bond motifs is 1. The standard InChI is InChI=1S/C21H20N6O3/c1-29-8-9-30-26-21(28)17-10-19(16-5-3-7-23-12-16)25-20-18(17)13-24-27(20)14-15-4-2-6-22-11-15/h2-7,10-13H,8-9,14H2,1H3,(H,26,28). The summed E-state index contributed by atoms with van der Waals surface area (Å²) in [6.45, 7) is 1.09. The van der Waals surface area contributed by atoms with Crippen molar-refractivity contribution in [3.8, 4) is 11.3 Å². The molecule has 9 heteroatoms. The summed E-state index contributed by atoms with van der Waals surface area (Å²) in [5.74, 6) is -0.385. The lowest BCUT2D eigenvalue weighted by Gasteiger charge is -2.10. The minimum absolute atomic E-state index is 0.242. The summed E-state index contributed by atoms with van der Waals surface area (Å²) in [6.07, 6.45) is 8.51. The fourth-order valence-corrected chi connectivity index (χ4v) is 2.97. The van der Waals surface area contributed by atoms with Crippen molar-refractivity contribution in [3.05, 3.63) is 72.4 Å². The van der Waals surface area contributed by atoms with E-state index in [4.69, 9.17) is 14.6 Å². The Bertz CT molecular complexity index is 1130. The minimum atomic E-state index is -0.385. The highest BCUT2D eigenvalue weighted by Gasteiger charge is 2.18. The third kappa shape index (κ3) is 4.32. The Hall–Kier alpha value is -3.69. The fourth-order valence-electron chi connectivity index (χ4n) is 2.97. The van der Waals surface area contributed by atoms with Crippen LogP contribution in [0.5, 0.6) is 0 Å². The topological polar surface area (TPSA) is 104 Å².